The van der Waals surface area contributed by atoms with E-state index in [1.165, 1.54) is 28.2 Å². The van der Waals surface area contributed by atoms with E-state index < -0.39 is 12.0 Å². The van der Waals surface area contributed by atoms with Gasteiger partial charge in [-0.2, -0.15) is 5.10 Å². The van der Waals surface area contributed by atoms with Crippen molar-refractivity contribution in [3.8, 4) is 0 Å². The van der Waals surface area contributed by atoms with Crippen LogP contribution in [0.5, 0.6) is 0 Å². The number of hydrogen-bond acceptors (Lipinski definition) is 6. The molecule has 106 valence electrons. The Balaban J connectivity index is 1.80. The molecular weight excluding hydrogens is 266 g/mol. The Kier molecular flexibility index (Phi) is 4.03. The fourth-order valence-corrected chi connectivity index (χ4v) is 1.48. The molecule has 2 aromatic heterocycles. The maximum atomic E-state index is 11.8. The summed E-state index contributed by atoms with van der Waals surface area (Å²) in [7, 11) is 0. The molecule has 2 heterocycles. The molecule has 0 aliphatic rings. The van der Waals surface area contributed by atoms with Gasteiger partial charge in [-0.3, -0.25) is 4.79 Å². The molecule has 0 bridgehead atoms. The molecule has 1 unspecified atom stereocenters. The number of hydrogen-bond donors (Lipinski definition) is 2. The van der Waals surface area contributed by atoms with Crippen molar-refractivity contribution < 1.29 is 14.7 Å². The van der Waals surface area contributed by atoms with Gasteiger partial charge in [0.2, 0.25) is 5.91 Å². The molecule has 1 amide bonds. The van der Waals surface area contributed by atoms with Crippen molar-refractivity contribution in [2.75, 3.05) is 6.54 Å². The molecule has 0 spiro atoms. The SMILES string of the molecule is CC(C(=O)NCCn1cc(C(=O)O)nn1)n1cncn1. The summed E-state index contributed by atoms with van der Waals surface area (Å²) in [6.07, 6.45) is 4.11. The van der Waals surface area contributed by atoms with Gasteiger partial charge in [-0.1, -0.05) is 5.21 Å². The molecule has 0 aliphatic heterocycles. The Morgan fingerprint density at radius 2 is 2.30 bits per heavy atom. The summed E-state index contributed by atoms with van der Waals surface area (Å²) in [5.41, 5.74) is -0.132. The molecule has 0 aromatic carbocycles. The van der Waals surface area contributed by atoms with E-state index >= 15 is 0 Å². The van der Waals surface area contributed by atoms with Crippen LogP contribution in [0.4, 0.5) is 0 Å². The van der Waals surface area contributed by atoms with Gasteiger partial charge < -0.3 is 10.4 Å². The molecule has 0 radical (unpaired) electrons. The lowest BCUT2D eigenvalue weighted by molar-refractivity contribution is -0.124. The van der Waals surface area contributed by atoms with Crippen LogP contribution in [-0.2, 0) is 11.3 Å². The number of nitrogens with one attached hydrogen (secondary N) is 1. The summed E-state index contributed by atoms with van der Waals surface area (Å²) in [6.45, 7) is 2.33. The Hall–Kier alpha value is -2.78. The number of carbonyl (C=O) groups excluding carboxylic acids is 1. The summed E-state index contributed by atoms with van der Waals surface area (Å²) in [6, 6.07) is -0.470. The zero-order valence-electron chi connectivity index (χ0n) is 10.7. The number of aromatic nitrogens is 6. The quantitative estimate of drug-likeness (QED) is 0.690. The minimum Gasteiger partial charge on any atom is -0.476 e. The van der Waals surface area contributed by atoms with Crippen LogP contribution < -0.4 is 5.32 Å². The van der Waals surface area contributed by atoms with E-state index in [4.69, 9.17) is 5.11 Å². The van der Waals surface area contributed by atoms with Crippen LogP contribution in [0, 0.1) is 0 Å². The van der Waals surface area contributed by atoms with Gasteiger partial charge in [0.25, 0.3) is 0 Å². The second-order valence-electron chi connectivity index (χ2n) is 4.01. The highest BCUT2D eigenvalue weighted by Crippen LogP contribution is 2.01. The predicted molar refractivity (Wildman–Crippen MR) is 64.7 cm³/mol. The van der Waals surface area contributed by atoms with Crippen LogP contribution in [0.1, 0.15) is 23.5 Å². The number of carboxylic acid groups (broad SMARTS) is 1. The highest BCUT2D eigenvalue weighted by molar-refractivity contribution is 5.84. The van der Waals surface area contributed by atoms with Crippen LogP contribution >= 0.6 is 0 Å². The maximum absolute atomic E-state index is 11.8. The van der Waals surface area contributed by atoms with E-state index in [1.54, 1.807) is 6.92 Å². The zero-order chi connectivity index (χ0) is 14.5. The second-order valence-corrected chi connectivity index (χ2v) is 4.01. The standard InChI is InChI=1S/C10H13N7O3/c1-7(17-6-11-5-13-17)9(18)12-2-3-16-4-8(10(19)20)14-15-16/h4-7H,2-3H2,1H3,(H,12,18)(H,19,20). The van der Waals surface area contributed by atoms with E-state index in [1.807, 2.05) is 0 Å². The molecule has 0 fully saturated rings. The highest BCUT2D eigenvalue weighted by atomic mass is 16.4. The topological polar surface area (TPSA) is 128 Å². The number of nitrogens with zero attached hydrogens (tertiary/aromatic N) is 6. The fourth-order valence-electron chi connectivity index (χ4n) is 1.48. The maximum Gasteiger partial charge on any atom is 0.358 e. The predicted octanol–water partition coefficient (Wildman–Crippen LogP) is -1.05. The second kappa shape index (κ2) is 5.91. The van der Waals surface area contributed by atoms with E-state index in [0.29, 0.717) is 13.1 Å². The van der Waals surface area contributed by atoms with Gasteiger partial charge in [-0.25, -0.2) is 19.1 Å². The first-order valence-electron chi connectivity index (χ1n) is 5.83. The Labute approximate surface area is 113 Å². The number of amides is 1. The van der Waals surface area contributed by atoms with Gasteiger partial charge in [0.15, 0.2) is 5.69 Å². The third kappa shape index (κ3) is 3.16. The van der Waals surface area contributed by atoms with Crippen LogP contribution in [0.2, 0.25) is 0 Å². The Bertz CT molecular complexity index is 592. The third-order valence-corrected chi connectivity index (χ3v) is 2.61. The van der Waals surface area contributed by atoms with Gasteiger partial charge in [0.1, 0.15) is 18.7 Å². The number of rotatable bonds is 6. The van der Waals surface area contributed by atoms with Crippen molar-refractivity contribution in [2.24, 2.45) is 0 Å². The molecular formula is C10H13N7O3. The summed E-state index contributed by atoms with van der Waals surface area (Å²) in [5.74, 6) is -1.35. The van der Waals surface area contributed by atoms with Crippen LogP contribution in [-0.4, -0.2) is 53.3 Å². The molecule has 10 heteroatoms. The monoisotopic (exact) mass is 279 g/mol. The number of carbonyl (C=O) groups is 2. The Morgan fingerprint density at radius 1 is 1.50 bits per heavy atom. The highest BCUT2D eigenvalue weighted by Gasteiger charge is 2.14. The van der Waals surface area contributed by atoms with Crippen LogP contribution in [0.3, 0.4) is 0 Å². The van der Waals surface area contributed by atoms with Crippen molar-refractivity contribution in [3.05, 3.63) is 24.5 Å². The van der Waals surface area contributed by atoms with Crippen molar-refractivity contribution in [2.45, 2.75) is 19.5 Å². The largest absolute Gasteiger partial charge is 0.476 e. The zero-order valence-corrected chi connectivity index (χ0v) is 10.7. The molecule has 20 heavy (non-hydrogen) atoms. The summed E-state index contributed by atoms with van der Waals surface area (Å²) in [4.78, 5) is 26.2. The van der Waals surface area contributed by atoms with Gasteiger partial charge in [0, 0.05) is 6.54 Å². The smallest absolute Gasteiger partial charge is 0.358 e. The average Bonchev–Trinajstić information content (AvgIpc) is 3.08. The lowest BCUT2D eigenvalue weighted by Crippen LogP contribution is -2.33. The first-order chi connectivity index (χ1) is 9.58. The fraction of sp³-hybridized carbons (Fsp3) is 0.400. The van der Waals surface area contributed by atoms with E-state index in [-0.39, 0.29) is 11.6 Å². The van der Waals surface area contributed by atoms with Gasteiger partial charge in [0.05, 0.1) is 12.7 Å². The third-order valence-electron chi connectivity index (χ3n) is 2.61. The van der Waals surface area contributed by atoms with Crippen LogP contribution in [0.15, 0.2) is 18.9 Å². The molecule has 2 N–H and O–H groups in total. The molecule has 0 saturated carbocycles. The van der Waals surface area contributed by atoms with Crippen LogP contribution in [0.25, 0.3) is 0 Å². The minimum absolute atomic E-state index is 0.132. The first-order valence-corrected chi connectivity index (χ1v) is 5.83. The summed E-state index contributed by atoms with van der Waals surface area (Å²) >= 11 is 0. The lowest BCUT2D eigenvalue weighted by Gasteiger charge is -2.11. The summed E-state index contributed by atoms with van der Waals surface area (Å²) < 4.78 is 2.79. The molecule has 2 aromatic rings. The normalized spacial score (nSPS) is 12.1. The number of aromatic carboxylic acids is 1. The van der Waals surface area contributed by atoms with Crippen molar-refractivity contribution in [1.29, 1.82) is 0 Å². The molecule has 0 aliphatic carbocycles. The average molecular weight is 279 g/mol. The molecule has 10 nitrogen and oxygen atoms in total. The molecule has 2 rings (SSSR count). The molecule has 0 saturated heterocycles. The molecule has 1 atom stereocenters. The van der Waals surface area contributed by atoms with Crippen molar-refractivity contribution in [1.82, 2.24) is 35.1 Å². The minimum atomic E-state index is -1.14. The summed E-state index contributed by atoms with van der Waals surface area (Å²) in [5, 5.41) is 22.4. The van der Waals surface area contributed by atoms with Crippen molar-refractivity contribution in [3.63, 3.8) is 0 Å². The van der Waals surface area contributed by atoms with Gasteiger partial charge in [-0.15, -0.1) is 5.10 Å². The Morgan fingerprint density at radius 3 is 2.90 bits per heavy atom. The van der Waals surface area contributed by atoms with E-state index in [2.05, 4.69) is 25.7 Å². The number of carboxylic acids is 1. The first kappa shape index (κ1) is 13.6. The van der Waals surface area contributed by atoms with Gasteiger partial charge in [-0.05, 0) is 6.92 Å². The lowest BCUT2D eigenvalue weighted by atomic mass is 10.3. The van der Waals surface area contributed by atoms with Gasteiger partial charge >= 0.3 is 5.97 Å². The van der Waals surface area contributed by atoms with E-state index in [9.17, 15) is 9.59 Å². The van der Waals surface area contributed by atoms with Crippen molar-refractivity contribution >= 4 is 11.9 Å². The van der Waals surface area contributed by atoms with E-state index in [0.717, 1.165) is 0 Å².